The fourth-order valence-corrected chi connectivity index (χ4v) is 2.90. The number of ether oxygens (including phenoxy) is 1. The zero-order valence-electron chi connectivity index (χ0n) is 13.6. The third-order valence-electron chi connectivity index (χ3n) is 3.41. The Bertz CT molecular complexity index is 776. The summed E-state index contributed by atoms with van der Waals surface area (Å²) in [5.74, 6) is -0.391. The first-order valence-electron chi connectivity index (χ1n) is 7.59. The second-order valence-corrected chi connectivity index (χ2v) is 6.42. The summed E-state index contributed by atoms with van der Waals surface area (Å²) in [6, 6.07) is 13.8. The normalized spacial score (nSPS) is 10.3. The van der Waals surface area contributed by atoms with Gasteiger partial charge < -0.3 is 4.74 Å². The van der Waals surface area contributed by atoms with Crippen molar-refractivity contribution in [3.8, 4) is 0 Å². The number of benzene rings is 2. The molecular weight excluding hydrogens is 342 g/mol. The van der Waals surface area contributed by atoms with Crippen LogP contribution in [-0.2, 0) is 9.53 Å². The molecule has 2 rings (SSSR count). The van der Waals surface area contributed by atoms with Crippen molar-refractivity contribution in [2.45, 2.75) is 18.2 Å². The molecule has 0 saturated carbocycles. The van der Waals surface area contributed by atoms with Crippen LogP contribution in [0.1, 0.15) is 22.3 Å². The molecule has 2 aromatic carbocycles. The number of rotatable bonds is 8. The molecule has 25 heavy (non-hydrogen) atoms. The maximum atomic E-state index is 12.0. The molecule has 7 heteroatoms. The summed E-state index contributed by atoms with van der Waals surface area (Å²) >= 11 is 1.53. The Morgan fingerprint density at radius 1 is 1.16 bits per heavy atom. The van der Waals surface area contributed by atoms with Gasteiger partial charge in [-0.3, -0.25) is 19.7 Å². The lowest BCUT2D eigenvalue weighted by Crippen LogP contribution is -2.14. The monoisotopic (exact) mass is 359 g/mol. The molecule has 0 spiro atoms. The van der Waals surface area contributed by atoms with E-state index in [9.17, 15) is 19.7 Å². The average Bonchev–Trinajstić information content (AvgIpc) is 2.60. The van der Waals surface area contributed by atoms with Crippen molar-refractivity contribution in [1.29, 1.82) is 0 Å². The van der Waals surface area contributed by atoms with Crippen LogP contribution in [0.3, 0.4) is 0 Å². The summed E-state index contributed by atoms with van der Waals surface area (Å²) in [6.45, 7) is 1.17. The number of esters is 1. The standard InChI is InChI=1S/C18H17NO5S/c1-13-7-8-14(11-16(13)19(22)23)17(20)12-24-18(21)9-10-25-15-5-3-2-4-6-15/h2-8,11H,9-10,12H2,1H3. The van der Waals surface area contributed by atoms with Gasteiger partial charge in [0, 0.05) is 27.8 Å². The van der Waals surface area contributed by atoms with E-state index in [0.717, 1.165) is 4.90 Å². The van der Waals surface area contributed by atoms with Gasteiger partial charge in [-0.15, -0.1) is 11.8 Å². The molecule has 0 aromatic heterocycles. The van der Waals surface area contributed by atoms with Crippen molar-refractivity contribution >= 4 is 29.2 Å². The first kappa shape index (κ1) is 18.7. The summed E-state index contributed by atoms with van der Waals surface area (Å²) in [6.07, 6.45) is 0.181. The highest BCUT2D eigenvalue weighted by Crippen LogP contribution is 2.20. The highest BCUT2D eigenvalue weighted by molar-refractivity contribution is 7.99. The molecule has 0 atom stereocenters. The Morgan fingerprint density at radius 2 is 1.88 bits per heavy atom. The van der Waals surface area contributed by atoms with Gasteiger partial charge in [0.1, 0.15) is 0 Å². The van der Waals surface area contributed by atoms with Crippen molar-refractivity contribution < 1.29 is 19.2 Å². The maximum Gasteiger partial charge on any atom is 0.307 e. The van der Waals surface area contributed by atoms with Crippen molar-refractivity contribution in [3.05, 3.63) is 69.8 Å². The number of nitro benzene ring substituents is 1. The van der Waals surface area contributed by atoms with Gasteiger partial charge in [0.2, 0.25) is 5.78 Å². The summed E-state index contributed by atoms with van der Waals surface area (Å²) in [7, 11) is 0. The van der Waals surface area contributed by atoms with Gasteiger partial charge in [-0.25, -0.2) is 0 Å². The third kappa shape index (κ3) is 5.72. The highest BCUT2D eigenvalue weighted by atomic mass is 32.2. The molecule has 0 aliphatic heterocycles. The molecule has 0 unspecified atom stereocenters. The Hall–Kier alpha value is -2.67. The van der Waals surface area contributed by atoms with E-state index in [4.69, 9.17) is 4.74 Å². The van der Waals surface area contributed by atoms with Crippen LogP contribution in [0.2, 0.25) is 0 Å². The summed E-state index contributed by atoms with van der Waals surface area (Å²) in [4.78, 5) is 35.1. The number of hydrogen-bond acceptors (Lipinski definition) is 6. The molecule has 6 nitrogen and oxygen atoms in total. The predicted octanol–water partition coefficient (Wildman–Crippen LogP) is 3.81. The number of aryl methyl sites for hydroxylation is 1. The quantitative estimate of drug-likeness (QED) is 0.234. The number of nitrogens with zero attached hydrogens (tertiary/aromatic N) is 1. The van der Waals surface area contributed by atoms with Gasteiger partial charge in [-0.05, 0) is 19.1 Å². The summed E-state index contributed by atoms with van der Waals surface area (Å²) in [5.41, 5.74) is 0.497. The van der Waals surface area contributed by atoms with Crippen molar-refractivity contribution in [3.63, 3.8) is 0 Å². The third-order valence-corrected chi connectivity index (χ3v) is 4.42. The Labute approximate surface area is 149 Å². The van der Waals surface area contributed by atoms with E-state index < -0.39 is 23.3 Å². The molecule has 0 amide bonds. The molecule has 0 radical (unpaired) electrons. The van der Waals surface area contributed by atoms with E-state index in [2.05, 4.69) is 0 Å². The van der Waals surface area contributed by atoms with Crippen LogP contribution < -0.4 is 0 Å². The molecule has 130 valence electrons. The van der Waals surface area contributed by atoms with Crippen molar-refractivity contribution in [1.82, 2.24) is 0 Å². The maximum absolute atomic E-state index is 12.0. The number of Topliss-reactive ketones (excluding diaryl/α,β-unsaturated/α-hetero) is 1. The van der Waals surface area contributed by atoms with Gasteiger partial charge in [-0.2, -0.15) is 0 Å². The number of carbonyl (C=O) groups excluding carboxylic acids is 2. The van der Waals surface area contributed by atoms with E-state index in [1.807, 2.05) is 30.3 Å². The van der Waals surface area contributed by atoms with E-state index in [1.165, 1.54) is 30.0 Å². The predicted molar refractivity (Wildman–Crippen MR) is 94.9 cm³/mol. The lowest BCUT2D eigenvalue weighted by Gasteiger charge is -2.05. The second-order valence-electron chi connectivity index (χ2n) is 5.25. The summed E-state index contributed by atoms with van der Waals surface area (Å²) in [5, 5.41) is 10.9. The van der Waals surface area contributed by atoms with Crippen LogP contribution in [0, 0.1) is 17.0 Å². The zero-order valence-corrected chi connectivity index (χ0v) is 14.5. The van der Waals surface area contributed by atoms with Crippen LogP contribution in [0.15, 0.2) is 53.4 Å². The molecule has 0 bridgehead atoms. The van der Waals surface area contributed by atoms with Gasteiger partial charge in [0.25, 0.3) is 5.69 Å². The fourth-order valence-electron chi connectivity index (χ4n) is 2.05. The molecule has 0 saturated heterocycles. The van der Waals surface area contributed by atoms with Gasteiger partial charge in [0.15, 0.2) is 6.61 Å². The smallest absolute Gasteiger partial charge is 0.307 e. The first-order valence-corrected chi connectivity index (χ1v) is 8.57. The van der Waals surface area contributed by atoms with E-state index in [-0.39, 0.29) is 17.7 Å². The number of ketones is 1. The van der Waals surface area contributed by atoms with Crippen LogP contribution in [0.5, 0.6) is 0 Å². The largest absolute Gasteiger partial charge is 0.457 e. The van der Waals surface area contributed by atoms with Crippen LogP contribution in [0.25, 0.3) is 0 Å². The van der Waals surface area contributed by atoms with Crippen LogP contribution in [-0.4, -0.2) is 29.0 Å². The minimum absolute atomic E-state index is 0.128. The number of carbonyl (C=O) groups is 2. The molecule has 0 fully saturated rings. The van der Waals surface area contributed by atoms with E-state index in [0.29, 0.717) is 11.3 Å². The molecule has 0 N–H and O–H groups in total. The van der Waals surface area contributed by atoms with Crippen molar-refractivity contribution in [2.24, 2.45) is 0 Å². The van der Waals surface area contributed by atoms with Crippen LogP contribution in [0.4, 0.5) is 5.69 Å². The minimum atomic E-state index is -0.543. The highest BCUT2D eigenvalue weighted by Gasteiger charge is 2.16. The number of nitro groups is 1. The van der Waals surface area contributed by atoms with Gasteiger partial charge >= 0.3 is 5.97 Å². The van der Waals surface area contributed by atoms with Gasteiger partial charge in [0.05, 0.1) is 11.3 Å². The van der Waals surface area contributed by atoms with Crippen molar-refractivity contribution in [2.75, 3.05) is 12.4 Å². The fraction of sp³-hybridized carbons (Fsp3) is 0.222. The Morgan fingerprint density at radius 3 is 2.56 bits per heavy atom. The molecule has 0 aliphatic rings. The van der Waals surface area contributed by atoms with E-state index >= 15 is 0 Å². The van der Waals surface area contributed by atoms with E-state index in [1.54, 1.807) is 6.92 Å². The number of hydrogen-bond donors (Lipinski definition) is 0. The average molecular weight is 359 g/mol. The lowest BCUT2D eigenvalue weighted by atomic mass is 10.1. The Balaban J connectivity index is 1.80. The molecule has 0 aliphatic carbocycles. The zero-order chi connectivity index (χ0) is 18.2. The topological polar surface area (TPSA) is 86.5 Å². The summed E-state index contributed by atoms with van der Waals surface area (Å²) < 4.78 is 4.96. The Kier molecular flexibility index (Phi) is 6.71. The van der Waals surface area contributed by atoms with Crippen LogP contribution >= 0.6 is 11.8 Å². The van der Waals surface area contributed by atoms with Gasteiger partial charge in [-0.1, -0.05) is 30.3 Å². The molecule has 2 aromatic rings. The minimum Gasteiger partial charge on any atom is -0.457 e. The molecule has 0 heterocycles. The first-order chi connectivity index (χ1) is 12.0. The number of thioether (sulfide) groups is 1. The second kappa shape index (κ2) is 8.98. The molecular formula is C18H17NO5S. The SMILES string of the molecule is Cc1ccc(C(=O)COC(=O)CCSc2ccccc2)cc1[N+](=O)[O-]. The lowest BCUT2D eigenvalue weighted by molar-refractivity contribution is -0.385.